The molecule has 2 aromatic rings. The molecule has 0 heterocycles. The largest absolute Gasteiger partial charge is 0.426 e. The first kappa shape index (κ1) is 23.5. The van der Waals surface area contributed by atoms with Gasteiger partial charge >= 0.3 is 6.18 Å². The molecule has 5 nitrogen and oxygen atoms in total. The van der Waals surface area contributed by atoms with Crippen LogP contribution in [0.1, 0.15) is 6.92 Å². The van der Waals surface area contributed by atoms with E-state index in [1.807, 2.05) is 0 Å². The first-order valence-electron chi connectivity index (χ1n) is 7.70. The maximum absolute atomic E-state index is 13.9. The van der Waals surface area contributed by atoms with Crippen molar-refractivity contribution in [1.29, 1.82) is 0 Å². The maximum Gasteiger partial charge on any atom is 0.426 e. The quantitative estimate of drug-likeness (QED) is 0.502. The lowest BCUT2D eigenvalue weighted by Gasteiger charge is -2.25. The topological polar surface area (TPSA) is 83.5 Å². The highest BCUT2D eigenvalue weighted by Gasteiger charge is 2.55. The van der Waals surface area contributed by atoms with Gasteiger partial charge in [-0.25, -0.2) is 12.8 Å². The average Bonchev–Trinajstić information content (AvgIpc) is 2.62. The Morgan fingerprint density at radius 2 is 1.69 bits per heavy atom. The van der Waals surface area contributed by atoms with Crippen LogP contribution >= 0.6 is 23.4 Å². The second-order valence-corrected chi connectivity index (χ2v) is 9.17. The Morgan fingerprint density at radius 3 is 2.17 bits per heavy atom. The highest BCUT2D eigenvalue weighted by Crippen LogP contribution is 2.34. The molecule has 0 spiro atoms. The third-order valence-electron chi connectivity index (χ3n) is 3.93. The van der Waals surface area contributed by atoms with Gasteiger partial charge in [0.1, 0.15) is 5.82 Å². The second-order valence-electron chi connectivity index (χ2n) is 5.97. The highest BCUT2D eigenvalue weighted by atomic mass is 35.5. The van der Waals surface area contributed by atoms with Crippen LogP contribution in [0.4, 0.5) is 23.2 Å². The lowest BCUT2D eigenvalue weighted by atomic mass is 10.1. The van der Waals surface area contributed by atoms with Gasteiger partial charge < -0.3 is 10.4 Å². The van der Waals surface area contributed by atoms with Crippen molar-refractivity contribution in [3.63, 3.8) is 0 Å². The van der Waals surface area contributed by atoms with Crippen molar-refractivity contribution >= 4 is 44.8 Å². The predicted octanol–water partition coefficient (Wildman–Crippen LogP) is 4.29. The Balaban J connectivity index is 2.36. The van der Waals surface area contributed by atoms with Gasteiger partial charge in [0.25, 0.3) is 5.91 Å². The second kappa shape index (κ2) is 8.13. The molecule has 2 N–H and O–H groups in total. The molecule has 0 aliphatic rings. The number of carbonyl (C=O) groups is 1. The standard InChI is InChI=1S/C17H14ClF4NO4S2/c1-16(25,17(20,21)22)15(24)23-13-5-3-9(7-11(13)18)29(26,27)10-4-6-14(28-2)12(19)8-10/h3-8,25H,1-2H3,(H,23,24)/t16-/m1/s1. The van der Waals surface area contributed by atoms with Crippen LogP contribution in [0, 0.1) is 5.82 Å². The van der Waals surface area contributed by atoms with Gasteiger partial charge in [0.2, 0.25) is 15.4 Å². The van der Waals surface area contributed by atoms with Crippen LogP contribution in [0.5, 0.6) is 0 Å². The number of alkyl halides is 3. The average molecular weight is 472 g/mol. The van der Waals surface area contributed by atoms with E-state index in [0.29, 0.717) is 0 Å². The molecule has 1 atom stereocenters. The molecule has 0 bridgehead atoms. The zero-order valence-electron chi connectivity index (χ0n) is 14.8. The van der Waals surface area contributed by atoms with Gasteiger partial charge in [-0.15, -0.1) is 11.8 Å². The van der Waals surface area contributed by atoms with E-state index in [-0.39, 0.29) is 27.3 Å². The maximum atomic E-state index is 13.9. The number of halogens is 5. The van der Waals surface area contributed by atoms with Crippen LogP contribution in [-0.4, -0.2) is 37.5 Å². The van der Waals surface area contributed by atoms with Crippen molar-refractivity contribution in [1.82, 2.24) is 0 Å². The number of hydrogen-bond acceptors (Lipinski definition) is 5. The first-order valence-corrected chi connectivity index (χ1v) is 10.8. The fourth-order valence-corrected chi connectivity index (χ4v) is 4.14. The molecule has 158 valence electrons. The van der Waals surface area contributed by atoms with E-state index in [9.17, 15) is 35.9 Å². The van der Waals surface area contributed by atoms with E-state index in [2.05, 4.69) is 0 Å². The van der Waals surface area contributed by atoms with Gasteiger partial charge in [0.15, 0.2) is 0 Å². The number of amides is 1. The number of carbonyl (C=O) groups excluding carboxylic acids is 1. The molecular weight excluding hydrogens is 458 g/mol. The lowest BCUT2D eigenvalue weighted by Crippen LogP contribution is -2.52. The Hall–Kier alpha value is -1.82. The Kier molecular flexibility index (Phi) is 6.58. The van der Waals surface area contributed by atoms with Crippen LogP contribution in [0.2, 0.25) is 5.02 Å². The Labute approximate surface area is 173 Å². The molecule has 0 fully saturated rings. The number of sulfone groups is 1. The Morgan fingerprint density at radius 1 is 1.14 bits per heavy atom. The lowest BCUT2D eigenvalue weighted by molar-refractivity contribution is -0.242. The molecule has 0 aromatic heterocycles. The minimum Gasteiger partial charge on any atom is -0.373 e. The summed E-state index contributed by atoms with van der Waals surface area (Å²) in [5.41, 5.74) is -4.03. The zero-order chi connectivity index (χ0) is 22.2. The van der Waals surface area contributed by atoms with Crippen molar-refractivity contribution in [2.24, 2.45) is 0 Å². The van der Waals surface area contributed by atoms with Crippen molar-refractivity contribution in [3.05, 3.63) is 47.2 Å². The molecule has 0 aliphatic carbocycles. The summed E-state index contributed by atoms with van der Waals surface area (Å²) >= 11 is 6.98. The predicted molar refractivity (Wildman–Crippen MR) is 100 cm³/mol. The van der Waals surface area contributed by atoms with E-state index in [1.165, 1.54) is 12.1 Å². The summed E-state index contributed by atoms with van der Waals surface area (Å²) in [4.78, 5) is 11.3. The summed E-state index contributed by atoms with van der Waals surface area (Å²) in [7, 11) is -4.18. The van der Waals surface area contributed by atoms with E-state index >= 15 is 0 Å². The number of nitrogens with one attached hydrogen (secondary N) is 1. The van der Waals surface area contributed by atoms with E-state index in [0.717, 1.165) is 36.0 Å². The number of anilines is 1. The zero-order valence-corrected chi connectivity index (χ0v) is 17.2. The molecule has 12 heteroatoms. The summed E-state index contributed by atoms with van der Waals surface area (Å²) in [6.45, 7) is 0.266. The van der Waals surface area contributed by atoms with Crippen LogP contribution in [0.15, 0.2) is 51.1 Å². The van der Waals surface area contributed by atoms with Crippen molar-refractivity contribution < 1.29 is 35.9 Å². The van der Waals surface area contributed by atoms with Crippen molar-refractivity contribution in [3.8, 4) is 0 Å². The third kappa shape index (κ3) is 4.68. The van der Waals surface area contributed by atoms with Gasteiger partial charge in [-0.2, -0.15) is 13.2 Å². The minimum absolute atomic E-state index is 0.247. The summed E-state index contributed by atoms with van der Waals surface area (Å²) < 4.78 is 77.4. The number of hydrogen-bond donors (Lipinski definition) is 2. The van der Waals surface area contributed by atoms with Gasteiger partial charge in [0, 0.05) is 4.90 Å². The summed E-state index contributed by atoms with van der Waals surface area (Å²) in [5.74, 6) is -2.53. The molecule has 0 radical (unpaired) electrons. The first-order chi connectivity index (χ1) is 13.2. The fourth-order valence-electron chi connectivity index (χ4n) is 2.09. The fraction of sp³-hybridized carbons (Fsp3) is 0.235. The smallest absolute Gasteiger partial charge is 0.373 e. The molecule has 0 saturated carbocycles. The van der Waals surface area contributed by atoms with Crippen molar-refractivity contribution in [2.45, 2.75) is 33.4 Å². The van der Waals surface area contributed by atoms with Crippen LogP contribution in [0.3, 0.4) is 0 Å². The summed E-state index contributed by atoms with van der Waals surface area (Å²) in [5, 5.41) is 10.8. The van der Waals surface area contributed by atoms with E-state index in [1.54, 1.807) is 11.6 Å². The highest BCUT2D eigenvalue weighted by molar-refractivity contribution is 7.98. The summed E-state index contributed by atoms with van der Waals surface area (Å²) in [6, 6.07) is 6.18. The Bertz CT molecular complexity index is 1060. The van der Waals surface area contributed by atoms with Gasteiger partial charge in [0.05, 0.1) is 20.5 Å². The molecule has 29 heavy (non-hydrogen) atoms. The normalized spacial score (nSPS) is 14.3. The van der Waals surface area contributed by atoms with Gasteiger partial charge in [-0.05, 0) is 49.6 Å². The van der Waals surface area contributed by atoms with Gasteiger partial charge in [-0.3, -0.25) is 4.79 Å². The minimum atomic E-state index is -5.24. The number of benzene rings is 2. The summed E-state index contributed by atoms with van der Waals surface area (Å²) in [6.07, 6.45) is -3.62. The van der Waals surface area contributed by atoms with Crippen LogP contribution in [-0.2, 0) is 14.6 Å². The third-order valence-corrected chi connectivity index (χ3v) is 6.76. The molecular formula is C17H14ClF4NO4S2. The van der Waals surface area contributed by atoms with E-state index in [4.69, 9.17) is 11.6 Å². The number of aliphatic hydroxyl groups is 1. The van der Waals surface area contributed by atoms with Crippen molar-refractivity contribution in [2.75, 3.05) is 11.6 Å². The molecule has 0 saturated heterocycles. The number of thioether (sulfide) groups is 1. The molecule has 1 amide bonds. The molecule has 0 unspecified atom stereocenters. The monoisotopic (exact) mass is 471 g/mol. The van der Waals surface area contributed by atoms with Crippen LogP contribution in [0.25, 0.3) is 0 Å². The SMILES string of the molecule is CSc1ccc(S(=O)(=O)c2ccc(NC(=O)[C@@](C)(O)C(F)(F)F)c(Cl)c2)cc1F. The molecule has 2 aromatic carbocycles. The molecule has 2 rings (SSSR count). The van der Waals surface area contributed by atoms with E-state index < -0.39 is 38.4 Å². The number of rotatable bonds is 5. The molecule has 0 aliphatic heterocycles. The van der Waals surface area contributed by atoms with Crippen LogP contribution < -0.4 is 5.32 Å². The van der Waals surface area contributed by atoms with Gasteiger partial charge in [-0.1, -0.05) is 11.6 Å².